The fourth-order valence-corrected chi connectivity index (χ4v) is 5.85. The van der Waals surface area contributed by atoms with Crippen LogP contribution < -0.4 is 9.64 Å². The maximum atomic E-state index is 13.3. The van der Waals surface area contributed by atoms with Crippen LogP contribution >= 0.6 is 0 Å². The van der Waals surface area contributed by atoms with E-state index in [1.165, 1.54) is 18.2 Å². The predicted molar refractivity (Wildman–Crippen MR) is 132 cm³/mol. The fraction of sp³-hybridized carbons (Fsp3) is 0.320. The molecule has 0 radical (unpaired) electrons. The van der Waals surface area contributed by atoms with Gasteiger partial charge in [0.25, 0.3) is 0 Å². The number of carbonyl (C=O) groups is 1. The van der Waals surface area contributed by atoms with Crippen molar-refractivity contribution in [2.24, 2.45) is 5.92 Å². The first-order chi connectivity index (χ1) is 17.1. The number of sulfone groups is 1. The summed E-state index contributed by atoms with van der Waals surface area (Å²) in [6.45, 7) is 7.09. The highest BCUT2D eigenvalue weighted by Gasteiger charge is 2.39. The summed E-state index contributed by atoms with van der Waals surface area (Å²) in [5, 5.41) is 7.24. The molecule has 0 amide bonds. The van der Waals surface area contributed by atoms with Gasteiger partial charge >= 0.3 is 0 Å². The molecule has 1 atom stereocenters. The quantitative estimate of drug-likeness (QED) is 0.337. The Kier molecular flexibility index (Phi) is 5.95. The molecule has 186 valence electrons. The molecular formula is C25H25N5O5S. The summed E-state index contributed by atoms with van der Waals surface area (Å²) in [5.74, 6) is 0.123. The second-order valence-electron chi connectivity index (χ2n) is 9.62. The lowest BCUT2D eigenvalue weighted by molar-refractivity contribution is 0.102. The van der Waals surface area contributed by atoms with Gasteiger partial charge in [-0.25, -0.2) is 23.0 Å². The molecule has 0 aliphatic carbocycles. The SMILES string of the molecule is CC1CN(c2ncccc2C(=O)CS(=O)(=O)c2cccc(Oc3ccc4nonc4c3)n2)C(C)(C)C1. The van der Waals surface area contributed by atoms with Gasteiger partial charge in [0.05, 0.1) is 5.56 Å². The smallest absolute Gasteiger partial charge is 0.220 e. The van der Waals surface area contributed by atoms with E-state index >= 15 is 0 Å². The van der Waals surface area contributed by atoms with Crippen molar-refractivity contribution in [1.29, 1.82) is 0 Å². The molecule has 0 saturated carbocycles. The zero-order valence-corrected chi connectivity index (χ0v) is 20.9. The van der Waals surface area contributed by atoms with Gasteiger partial charge in [0.1, 0.15) is 28.4 Å². The Balaban J connectivity index is 1.38. The number of fused-ring (bicyclic) bond motifs is 1. The molecule has 1 saturated heterocycles. The third kappa shape index (κ3) is 4.66. The van der Waals surface area contributed by atoms with Crippen molar-refractivity contribution in [3.05, 3.63) is 60.3 Å². The van der Waals surface area contributed by atoms with E-state index in [2.05, 4.69) is 50.6 Å². The number of rotatable bonds is 7. The Morgan fingerprint density at radius 3 is 2.72 bits per heavy atom. The summed E-state index contributed by atoms with van der Waals surface area (Å²) in [7, 11) is -4.05. The summed E-state index contributed by atoms with van der Waals surface area (Å²) in [5.41, 5.74) is 1.14. The summed E-state index contributed by atoms with van der Waals surface area (Å²) in [6, 6.07) is 12.6. The topological polar surface area (TPSA) is 128 Å². The lowest BCUT2D eigenvalue weighted by Crippen LogP contribution is -2.39. The second-order valence-corrected chi connectivity index (χ2v) is 11.6. The van der Waals surface area contributed by atoms with Gasteiger partial charge < -0.3 is 9.64 Å². The fourth-order valence-electron chi connectivity index (χ4n) is 4.69. The van der Waals surface area contributed by atoms with Crippen molar-refractivity contribution in [3.63, 3.8) is 0 Å². The number of anilines is 1. The highest BCUT2D eigenvalue weighted by atomic mass is 32.2. The van der Waals surface area contributed by atoms with Gasteiger partial charge in [-0.2, -0.15) is 0 Å². The molecule has 4 aromatic rings. The first kappa shape index (κ1) is 23.9. The Labute approximate surface area is 208 Å². The van der Waals surface area contributed by atoms with Gasteiger partial charge in [-0.1, -0.05) is 13.0 Å². The summed E-state index contributed by atoms with van der Waals surface area (Å²) in [6.07, 6.45) is 2.57. The van der Waals surface area contributed by atoms with Crippen LogP contribution in [0.5, 0.6) is 11.6 Å². The van der Waals surface area contributed by atoms with E-state index in [1.54, 1.807) is 36.5 Å². The monoisotopic (exact) mass is 507 g/mol. The lowest BCUT2D eigenvalue weighted by Gasteiger charge is -2.33. The molecule has 10 nitrogen and oxygen atoms in total. The summed E-state index contributed by atoms with van der Waals surface area (Å²) >= 11 is 0. The van der Waals surface area contributed by atoms with Gasteiger partial charge in [0, 0.05) is 30.4 Å². The van der Waals surface area contributed by atoms with Crippen molar-refractivity contribution in [2.45, 2.75) is 37.8 Å². The van der Waals surface area contributed by atoms with E-state index in [4.69, 9.17) is 4.74 Å². The van der Waals surface area contributed by atoms with Gasteiger partial charge in [-0.15, -0.1) is 0 Å². The molecule has 1 aliphatic rings. The number of hydrogen-bond donors (Lipinski definition) is 0. The van der Waals surface area contributed by atoms with Gasteiger partial charge in [0.2, 0.25) is 15.7 Å². The minimum absolute atomic E-state index is 0.0641. The van der Waals surface area contributed by atoms with E-state index in [9.17, 15) is 13.2 Å². The average molecular weight is 508 g/mol. The van der Waals surface area contributed by atoms with Gasteiger partial charge in [-0.05, 0) is 66.8 Å². The molecule has 11 heteroatoms. The molecule has 1 fully saturated rings. The van der Waals surface area contributed by atoms with Crippen molar-refractivity contribution in [3.8, 4) is 11.6 Å². The van der Waals surface area contributed by atoms with Gasteiger partial charge in [0.15, 0.2) is 10.8 Å². The maximum absolute atomic E-state index is 13.3. The number of ketones is 1. The molecule has 1 aromatic carbocycles. The van der Waals surface area contributed by atoms with Crippen molar-refractivity contribution in [1.82, 2.24) is 20.3 Å². The predicted octanol–water partition coefficient (Wildman–Crippen LogP) is 4.09. The van der Waals surface area contributed by atoms with Crippen LogP contribution in [0.3, 0.4) is 0 Å². The highest BCUT2D eigenvalue weighted by Crippen LogP contribution is 2.37. The zero-order chi connectivity index (χ0) is 25.5. The van der Waals surface area contributed by atoms with E-state index in [0.29, 0.717) is 28.5 Å². The molecule has 4 heterocycles. The zero-order valence-electron chi connectivity index (χ0n) is 20.1. The molecule has 0 N–H and O–H groups in total. The molecular weight excluding hydrogens is 482 g/mol. The molecule has 1 aliphatic heterocycles. The number of benzene rings is 1. The number of nitrogens with zero attached hydrogens (tertiary/aromatic N) is 5. The number of ether oxygens (including phenoxy) is 1. The molecule has 0 bridgehead atoms. The van der Waals surface area contributed by atoms with Crippen molar-refractivity contribution in [2.75, 3.05) is 17.2 Å². The Hall–Kier alpha value is -3.86. The molecule has 1 unspecified atom stereocenters. The molecule has 5 rings (SSSR count). The van der Waals surface area contributed by atoms with Crippen LogP contribution in [-0.4, -0.2) is 52.3 Å². The first-order valence-corrected chi connectivity index (χ1v) is 13.1. The van der Waals surface area contributed by atoms with Crippen LogP contribution in [-0.2, 0) is 9.84 Å². The van der Waals surface area contributed by atoms with E-state index in [-0.39, 0.29) is 22.0 Å². The minimum Gasteiger partial charge on any atom is -0.439 e. The van der Waals surface area contributed by atoms with Crippen molar-refractivity contribution >= 4 is 32.5 Å². The van der Waals surface area contributed by atoms with Crippen LogP contribution in [0.25, 0.3) is 11.0 Å². The summed E-state index contributed by atoms with van der Waals surface area (Å²) in [4.78, 5) is 23.9. The van der Waals surface area contributed by atoms with Gasteiger partial charge in [-0.3, -0.25) is 4.79 Å². The minimum atomic E-state index is -4.05. The Morgan fingerprint density at radius 2 is 1.94 bits per heavy atom. The van der Waals surface area contributed by atoms with E-state index in [1.807, 2.05) is 0 Å². The van der Waals surface area contributed by atoms with Crippen LogP contribution in [0, 0.1) is 5.92 Å². The third-order valence-electron chi connectivity index (χ3n) is 6.20. The maximum Gasteiger partial charge on any atom is 0.220 e. The normalized spacial score (nSPS) is 17.4. The Morgan fingerprint density at radius 1 is 1.14 bits per heavy atom. The van der Waals surface area contributed by atoms with Crippen LogP contribution in [0.2, 0.25) is 0 Å². The van der Waals surface area contributed by atoms with Crippen LogP contribution in [0.15, 0.2) is 64.4 Å². The van der Waals surface area contributed by atoms with Crippen molar-refractivity contribution < 1.29 is 22.6 Å². The van der Waals surface area contributed by atoms with Crippen LogP contribution in [0.4, 0.5) is 5.82 Å². The third-order valence-corrected chi connectivity index (χ3v) is 7.71. The number of aromatic nitrogens is 4. The summed E-state index contributed by atoms with van der Waals surface area (Å²) < 4.78 is 36.7. The van der Waals surface area contributed by atoms with E-state index < -0.39 is 21.4 Å². The molecule has 3 aromatic heterocycles. The number of hydrogen-bond acceptors (Lipinski definition) is 10. The largest absolute Gasteiger partial charge is 0.439 e. The highest BCUT2D eigenvalue weighted by molar-refractivity contribution is 7.92. The molecule has 0 spiro atoms. The lowest BCUT2D eigenvalue weighted by atomic mass is 9.97. The number of carbonyl (C=O) groups excluding carboxylic acids is 1. The van der Waals surface area contributed by atoms with Crippen LogP contribution in [0.1, 0.15) is 37.6 Å². The Bertz CT molecular complexity index is 1550. The van der Waals surface area contributed by atoms with E-state index in [0.717, 1.165) is 13.0 Å². The average Bonchev–Trinajstić information content (AvgIpc) is 3.41. The first-order valence-electron chi connectivity index (χ1n) is 11.5. The second kappa shape index (κ2) is 8.98. The number of Topliss-reactive ketones (excluding diaryl/α,β-unsaturated/α-hetero) is 1. The molecule has 36 heavy (non-hydrogen) atoms. The standard InChI is InChI=1S/C25H25N5O5S/c1-16-13-25(2,3)30(14-16)24-18(6-5-11-26-24)21(31)15-36(32,33)23-8-4-7-22(27-23)34-17-9-10-19-20(12-17)29-35-28-19/h4-12,16H,13-15H2,1-3H3. The number of pyridine rings is 2.